The monoisotopic (exact) mass is 292 g/mol. The van der Waals surface area contributed by atoms with E-state index in [0.29, 0.717) is 5.06 Å². The molecule has 1 unspecified atom stereocenters. The van der Waals surface area contributed by atoms with Crippen molar-refractivity contribution < 1.29 is 24.0 Å². The maximum absolute atomic E-state index is 12.0. The highest BCUT2D eigenvalue weighted by Crippen LogP contribution is 2.23. The molecule has 1 atom stereocenters. The van der Waals surface area contributed by atoms with Gasteiger partial charge in [-0.1, -0.05) is 29.0 Å². The Bertz CT molecular complexity index is 609. The average molecular weight is 292 g/mol. The van der Waals surface area contributed by atoms with E-state index in [1.54, 1.807) is 12.1 Å². The number of rotatable bonds is 2. The molecule has 3 rings (SSSR count). The van der Waals surface area contributed by atoms with Crippen molar-refractivity contribution in [2.45, 2.75) is 6.04 Å². The van der Waals surface area contributed by atoms with E-state index in [0.717, 1.165) is 11.8 Å². The topological polar surface area (TPSA) is 92.8 Å². The fourth-order valence-electron chi connectivity index (χ4n) is 1.92. The standard InChI is InChI=1S/C12H8N2O5S/c15-9-6-3-1-2-4-7(6)10(16)14(9)19-11(17)8-5-20-12(18)13-8/h1-4,8H,5H2,(H,13,18). The molecule has 0 aliphatic carbocycles. The summed E-state index contributed by atoms with van der Waals surface area (Å²) in [5, 5.41) is 2.47. The summed E-state index contributed by atoms with van der Waals surface area (Å²) >= 11 is 0.941. The van der Waals surface area contributed by atoms with Crippen molar-refractivity contribution in [1.29, 1.82) is 0 Å². The highest BCUT2D eigenvalue weighted by molar-refractivity contribution is 8.14. The lowest BCUT2D eigenvalue weighted by Crippen LogP contribution is -2.42. The van der Waals surface area contributed by atoms with Gasteiger partial charge in [-0.25, -0.2) is 4.79 Å². The Balaban J connectivity index is 1.77. The summed E-state index contributed by atoms with van der Waals surface area (Å²) in [6.07, 6.45) is 0. The van der Waals surface area contributed by atoms with Crippen LogP contribution in [0.5, 0.6) is 0 Å². The van der Waals surface area contributed by atoms with E-state index in [1.807, 2.05) is 0 Å². The van der Waals surface area contributed by atoms with Crippen LogP contribution in [-0.2, 0) is 9.63 Å². The number of nitrogens with zero attached hydrogens (tertiary/aromatic N) is 1. The number of hydroxylamine groups is 2. The van der Waals surface area contributed by atoms with Crippen LogP contribution < -0.4 is 5.32 Å². The van der Waals surface area contributed by atoms with Crippen molar-refractivity contribution in [3.8, 4) is 0 Å². The minimum atomic E-state index is -0.850. The Labute approximate surface area is 117 Å². The molecule has 8 heteroatoms. The molecule has 7 nitrogen and oxygen atoms in total. The van der Waals surface area contributed by atoms with E-state index in [1.165, 1.54) is 12.1 Å². The molecule has 0 saturated carbocycles. The Hall–Kier alpha value is -2.35. The van der Waals surface area contributed by atoms with Gasteiger partial charge in [-0.05, 0) is 12.1 Å². The van der Waals surface area contributed by atoms with Crippen molar-refractivity contribution in [3.63, 3.8) is 0 Å². The van der Waals surface area contributed by atoms with E-state index in [4.69, 9.17) is 4.84 Å². The summed E-state index contributed by atoms with van der Waals surface area (Å²) in [7, 11) is 0. The highest BCUT2D eigenvalue weighted by Gasteiger charge is 2.40. The van der Waals surface area contributed by atoms with Crippen LogP contribution >= 0.6 is 11.8 Å². The molecule has 1 fully saturated rings. The molecule has 2 aliphatic heterocycles. The summed E-state index contributed by atoms with van der Waals surface area (Å²) in [6.45, 7) is 0. The van der Waals surface area contributed by atoms with Crippen LogP contribution in [0.1, 0.15) is 20.7 Å². The van der Waals surface area contributed by atoms with Gasteiger partial charge < -0.3 is 10.2 Å². The Morgan fingerprint density at radius 2 is 1.80 bits per heavy atom. The fraction of sp³-hybridized carbons (Fsp3) is 0.167. The summed E-state index contributed by atoms with van der Waals surface area (Å²) in [4.78, 5) is 51.5. The fourth-order valence-corrected chi connectivity index (χ4v) is 2.68. The average Bonchev–Trinajstić information content (AvgIpc) is 2.98. The molecule has 0 aromatic heterocycles. The van der Waals surface area contributed by atoms with E-state index < -0.39 is 23.8 Å². The molecule has 1 saturated heterocycles. The number of benzene rings is 1. The molecule has 102 valence electrons. The van der Waals surface area contributed by atoms with Gasteiger partial charge in [0.1, 0.15) is 6.04 Å². The van der Waals surface area contributed by atoms with E-state index in [9.17, 15) is 19.2 Å². The normalized spacial score (nSPS) is 20.9. The zero-order chi connectivity index (χ0) is 14.3. The number of hydrogen-bond acceptors (Lipinski definition) is 6. The lowest BCUT2D eigenvalue weighted by molar-refractivity contribution is -0.170. The van der Waals surface area contributed by atoms with Gasteiger partial charge in [0.2, 0.25) is 0 Å². The lowest BCUT2D eigenvalue weighted by Gasteiger charge is -2.15. The Kier molecular flexibility index (Phi) is 2.94. The molecule has 0 spiro atoms. The van der Waals surface area contributed by atoms with Gasteiger partial charge in [0.25, 0.3) is 17.1 Å². The molecule has 2 aliphatic rings. The Morgan fingerprint density at radius 1 is 1.20 bits per heavy atom. The van der Waals surface area contributed by atoms with Crippen molar-refractivity contribution in [1.82, 2.24) is 10.4 Å². The van der Waals surface area contributed by atoms with Gasteiger partial charge in [-0.3, -0.25) is 14.4 Å². The van der Waals surface area contributed by atoms with Gasteiger partial charge in [-0.15, -0.1) is 0 Å². The molecule has 20 heavy (non-hydrogen) atoms. The minimum absolute atomic E-state index is 0.190. The maximum Gasteiger partial charge on any atom is 0.356 e. The van der Waals surface area contributed by atoms with E-state index >= 15 is 0 Å². The molecule has 2 heterocycles. The molecular weight excluding hydrogens is 284 g/mol. The lowest BCUT2D eigenvalue weighted by atomic mass is 10.1. The molecular formula is C12H8N2O5S. The summed E-state index contributed by atoms with van der Waals surface area (Å²) in [5.41, 5.74) is 0.380. The second-order valence-corrected chi connectivity index (χ2v) is 5.15. The van der Waals surface area contributed by atoms with E-state index in [2.05, 4.69) is 5.32 Å². The Morgan fingerprint density at radius 3 is 2.30 bits per heavy atom. The molecule has 0 radical (unpaired) electrons. The number of fused-ring (bicyclic) bond motifs is 1. The predicted octanol–water partition coefficient (Wildman–Crippen LogP) is 0.566. The summed E-state index contributed by atoms with van der Waals surface area (Å²) < 4.78 is 0. The molecule has 1 aromatic rings. The van der Waals surface area contributed by atoms with Crippen LogP contribution in [0.2, 0.25) is 0 Å². The third kappa shape index (κ3) is 1.94. The number of thioether (sulfide) groups is 1. The van der Waals surface area contributed by atoms with Crippen LogP contribution in [0.25, 0.3) is 0 Å². The highest BCUT2D eigenvalue weighted by atomic mass is 32.2. The van der Waals surface area contributed by atoms with Crippen molar-refractivity contribution in [2.24, 2.45) is 0 Å². The van der Waals surface area contributed by atoms with Gasteiger partial charge in [0.05, 0.1) is 11.1 Å². The summed E-state index contributed by atoms with van der Waals surface area (Å²) in [6, 6.07) is 5.34. The SMILES string of the molecule is O=C1NC(C(=O)ON2C(=O)c3ccccc3C2=O)CS1. The van der Waals surface area contributed by atoms with Gasteiger partial charge >= 0.3 is 5.97 Å². The summed E-state index contributed by atoms with van der Waals surface area (Å²) in [5.74, 6) is -1.99. The zero-order valence-electron chi connectivity index (χ0n) is 9.99. The number of hydrogen-bond donors (Lipinski definition) is 1. The first kappa shape index (κ1) is 12.7. The van der Waals surface area contributed by atoms with Crippen LogP contribution in [-0.4, -0.2) is 39.9 Å². The zero-order valence-corrected chi connectivity index (χ0v) is 10.8. The molecule has 1 N–H and O–H groups in total. The number of carbonyl (C=O) groups excluding carboxylic acids is 4. The number of nitrogens with one attached hydrogen (secondary N) is 1. The smallest absolute Gasteiger partial charge is 0.333 e. The maximum atomic E-state index is 12.0. The second kappa shape index (κ2) is 4.64. The van der Waals surface area contributed by atoms with Crippen LogP contribution in [0.4, 0.5) is 4.79 Å². The molecule has 1 aromatic carbocycles. The van der Waals surface area contributed by atoms with Gasteiger partial charge in [0.15, 0.2) is 0 Å². The van der Waals surface area contributed by atoms with Crippen LogP contribution in [0.3, 0.4) is 0 Å². The quantitative estimate of drug-likeness (QED) is 0.801. The van der Waals surface area contributed by atoms with Crippen molar-refractivity contribution in [3.05, 3.63) is 35.4 Å². The number of carbonyl (C=O) groups is 4. The van der Waals surface area contributed by atoms with Gasteiger partial charge in [0, 0.05) is 5.75 Å². The number of imide groups is 1. The molecule has 0 bridgehead atoms. The number of amides is 3. The third-order valence-electron chi connectivity index (χ3n) is 2.90. The molecule has 3 amide bonds. The largest absolute Gasteiger partial charge is 0.356 e. The van der Waals surface area contributed by atoms with Crippen LogP contribution in [0, 0.1) is 0 Å². The predicted molar refractivity (Wildman–Crippen MR) is 67.8 cm³/mol. The van der Waals surface area contributed by atoms with Crippen molar-refractivity contribution in [2.75, 3.05) is 5.75 Å². The first-order chi connectivity index (χ1) is 9.58. The second-order valence-electron chi connectivity index (χ2n) is 4.16. The first-order valence-corrected chi connectivity index (χ1v) is 6.69. The third-order valence-corrected chi connectivity index (χ3v) is 3.78. The first-order valence-electron chi connectivity index (χ1n) is 5.71. The van der Waals surface area contributed by atoms with Crippen LogP contribution in [0.15, 0.2) is 24.3 Å². The van der Waals surface area contributed by atoms with Crippen molar-refractivity contribution >= 4 is 34.8 Å². The van der Waals surface area contributed by atoms with E-state index in [-0.39, 0.29) is 22.1 Å². The van der Waals surface area contributed by atoms with Gasteiger partial charge in [-0.2, -0.15) is 0 Å². The minimum Gasteiger partial charge on any atom is -0.333 e.